The molecule has 30 heavy (non-hydrogen) atoms. The summed E-state index contributed by atoms with van der Waals surface area (Å²) in [5.41, 5.74) is 0.663. The topological polar surface area (TPSA) is 73.0 Å². The Labute approximate surface area is 195 Å². The van der Waals surface area contributed by atoms with Crippen LogP contribution in [0.2, 0.25) is 0 Å². The first kappa shape index (κ1) is 24.6. The quantitative estimate of drug-likeness (QED) is 0.275. The van der Waals surface area contributed by atoms with Crippen LogP contribution in [0.3, 0.4) is 0 Å². The van der Waals surface area contributed by atoms with Gasteiger partial charge in [-0.15, -0.1) is 24.0 Å². The van der Waals surface area contributed by atoms with Crippen molar-refractivity contribution in [1.82, 2.24) is 15.5 Å². The molecule has 0 amide bonds. The van der Waals surface area contributed by atoms with E-state index >= 15 is 0 Å². The number of guanidine groups is 1. The monoisotopic (exact) mass is 530 g/mol. The molecule has 2 heterocycles. The van der Waals surface area contributed by atoms with Crippen LogP contribution >= 0.6 is 24.0 Å². The predicted molar refractivity (Wildman–Crippen MR) is 128 cm³/mol. The minimum atomic E-state index is -0.748. The third-order valence-electron chi connectivity index (χ3n) is 5.19. The lowest BCUT2D eigenvalue weighted by Crippen LogP contribution is -2.41. The van der Waals surface area contributed by atoms with Gasteiger partial charge in [0, 0.05) is 13.1 Å². The fourth-order valence-corrected chi connectivity index (χ4v) is 3.61. The van der Waals surface area contributed by atoms with Crippen LogP contribution < -0.4 is 10.6 Å². The molecule has 0 radical (unpaired) electrons. The average Bonchev–Trinajstić information content (AvgIpc) is 3.27. The number of hydrogen-bond acceptors (Lipinski definition) is 4. The molecule has 1 aliphatic heterocycles. The summed E-state index contributed by atoms with van der Waals surface area (Å²) < 4.78 is 18.8. The Morgan fingerprint density at radius 2 is 1.90 bits per heavy atom. The highest BCUT2D eigenvalue weighted by atomic mass is 127. The van der Waals surface area contributed by atoms with E-state index in [2.05, 4.69) is 15.5 Å². The van der Waals surface area contributed by atoms with Crippen LogP contribution in [0, 0.1) is 5.82 Å². The third kappa shape index (κ3) is 7.24. The van der Waals surface area contributed by atoms with Crippen molar-refractivity contribution in [1.29, 1.82) is 0 Å². The van der Waals surface area contributed by atoms with Crippen LogP contribution in [-0.4, -0.2) is 48.7 Å². The van der Waals surface area contributed by atoms with Crippen LogP contribution in [0.25, 0.3) is 0 Å². The summed E-state index contributed by atoms with van der Waals surface area (Å²) in [6.45, 7) is 5.67. The predicted octanol–water partition coefficient (Wildman–Crippen LogP) is 3.85. The van der Waals surface area contributed by atoms with Crippen LogP contribution in [0.4, 0.5) is 4.39 Å². The number of aliphatic hydroxyl groups excluding tert-OH is 1. The van der Waals surface area contributed by atoms with E-state index in [1.807, 2.05) is 19.1 Å². The number of rotatable bonds is 8. The number of benzene rings is 1. The van der Waals surface area contributed by atoms with E-state index in [4.69, 9.17) is 9.41 Å². The maximum atomic E-state index is 13.1. The Morgan fingerprint density at radius 3 is 2.53 bits per heavy atom. The van der Waals surface area contributed by atoms with Gasteiger partial charge in [-0.05, 0) is 62.7 Å². The van der Waals surface area contributed by atoms with Crippen molar-refractivity contribution in [2.75, 3.05) is 32.7 Å². The first-order valence-electron chi connectivity index (χ1n) is 10.4. The van der Waals surface area contributed by atoms with Crippen molar-refractivity contribution in [3.8, 4) is 0 Å². The second-order valence-corrected chi connectivity index (χ2v) is 7.30. The molecule has 1 saturated heterocycles. The molecule has 0 bridgehead atoms. The third-order valence-corrected chi connectivity index (χ3v) is 5.19. The maximum Gasteiger partial charge on any atom is 0.191 e. The Kier molecular flexibility index (Phi) is 10.6. The van der Waals surface area contributed by atoms with Crippen molar-refractivity contribution >= 4 is 29.9 Å². The zero-order valence-electron chi connectivity index (χ0n) is 17.4. The molecule has 8 heteroatoms. The van der Waals surface area contributed by atoms with Gasteiger partial charge in [0.2, 0.25) is 0 Å². The largest absolute Gasteiger partial charge is 0.468 e. The van der Waals surface area contributed by atoms with E-state index in [0.29, 0.717) is 24.6 Å². The first-order valence-corrected chi connectivity index (χ1v) is 10.4. The first-order chi connectivity index (χ1) is 14.2. The standard InChI is InChI=1S/C22H31FN4O2.HI/c1-2-24-22(26-16-20(28)17-8-10-18(23)11-9-17)25-15-19(21-7-6-14-29-21)27-12-4-3-5-13-27;/h6-11,14,19-20,28H,2-5,12-13,15-16H2,1H3,(H2,24,25,26);1H. The van der Waals surface area contributed by atoms with Crippen LogP contribution in [-0.2, 0) is 0 Å². The molecule has 1 fully saturated rings. The number of nitrogens with zero attached hydrogens (tertiary/aromatic N) is 2. The van der Waals surface area contributed by atoms with E-state index < -0.39 is 6.10 Å². The Hall–Kier alpha value is -1.65. The zero-order valence-corrected chi connectivity index (χ0v) is 19.7. The highest BCUT2D eigenvalue weighted by Crippen LogP contribution is 2.25. The summed E-state index contributed by atoms with van der Waals surface area (Å²) >= 11 is 0. The molecule has 3 N–H and O–H groups in total. The summed E-state index contributed by atoms with van der Waals surface area (Å²) in [4.78, 5) is 7.18. The van der Waals surface area contributed by atoms with Crippen LogP contribution in [0.15, 0.2) is 52.1 Å². The lowest BCUT2D eigenvalue weighted by molar-refractivity contribution is 0.150. The van der Waals surface area contributed by atoms with E-state index in [-0.39, 0.29) is 42.4 Å². The summed E-state index contributed by atoms with van der Waals surface area (Å²) in [6.07, 6.45) is 4.63. The summed E-state index contributed by atoms with van der Waals surface area (Å²) in [5, 5.41) is 16.8. The summed E-state index contributed by atoms with van der Waals surface area (Å²) in [7, 11) is 0. The minimum absolute atomic E-state index is 0. The second kappa shape index (κ2) is 12.9. The van der Waals surface area contributed by atoms with Crippen LogP contribution in [0.1, 0.15) is 49.7 Å². The number of furan rings is 1. The number of hydrogen-bond donors (Lipinski definition) is 3. The number of piperidine rings is 1. The number of aliphatic hydroxyl groups is 1. The van der Waals surface area contributed by atoms with E-state index in [9.17, 15) is 9.50 Å². The minimum Gasteiger partial charge on any atom is -0.468 e. The van der Waals surface area contributed by atoms with Gasteiger partial charge in [0.1, 0.15) is 11.6 Å². The lowest BCUT2D eigenvalue weighted by atomic mass is 10.1. The van der Waals surface area contributed by atoms with Crippen molar-refractivity contribution in [3.63, 3.8) is 0 Å². The van der Waals surface area contributed by atoms with Crippen molar-refractivity contribution in [3.05, 3.63) is 59.8 Å². The molecular formula is C22H32FIN4O2. The molecule has 1 aromatic carbocycles. The normalized spacial score (nSPS) is 17.1. The molecule has 6 nitrogen and oxygen atoms in total. The molecule has 2 atom stereocenters. The number of halogens is 2. The molecular weight excluding hydrogens is 498 g/mol. The summed E-state index contributed by atoms with van der Waals surface area (Å²) in [6, 6.07) is 9.91. The van der Waals surface area contributed by atoms with E-state index in [0.717, 1.165) is 18.8 Å². The van der Waals surface area contributed by atoms with Crippen molar-refractivity contribution in [2.45, 2.75) is 38.3 Å². The van der Waals surface area contributed by atoms with Gasteiger partial charge in [0.15, 0.2) is 5.96 Å². The van der Waals surface area contributed by atoms with Gasteiger partial charge in [0.25, 0.3) is 0 Å². The number of likely N-dealkylation sites (tertiary alicyclic amines) is 1. The second-order valence-electron chi connectivity index (χ2n) is 7.30. The number of aliphatic imine (C=N–C) groups is 1. The number of nitrogens with one attached hydrogen (secondary N) is 2. The van der Waals surface area contributed by atoms with Gasteiger partial charge >= 0.3 is 0 Å². The van der Waals surface area contributed by atoms with Gasteiger partial charge < -0.3 is 20.2 Å². The van der Waals surface area contributed by atoms with Gasteiger partial charge in [0.05, 0.1) is 25.0 Å². The summed E-state index contributed by atoms with van der Waals surface area (Å²) in [5.74, 6) is 1.26. The smallest absolute Gasteiger partial charge is 0.191 e. The average molecular weight is 530 g/mol. The molecule has 1 aromatic heterocycles. The van der Waals surface area contributed by atoms with Gasteiger partial charge in [-0.1, -0.05) is 18.6 Å². The fourth-order valence-electron chi connectivity index (χ4n) is 3.61. The van der Waals surface area contributed by atoms with Gasteiger partial charge in [-0.25, -0.2) is 4.39 Å². The van der Waals surface area contributed by atoms with Gasteiger partial charge in [-0.2, -0.15) is 0 Å². The van der Waals surface area contributed by atoms with E-state index in [1.54, 1.807) is 18.4 Å². The zero-order chi connectivity index (χ0) is 20.5. The molecule has 0 aliphatic carbocycles. The fraction of sp³-hybridized carbons (Fsp3) is 0.500. The van der Waals surface area contributed by atoms with Gasteiger partial charge in [-0.3, -0.25) is 9.89 Å². The molecule has 0 saturated carbocycles. The Bertz CT molecular complexity index is 749. The Balaban J connectivity index is 0.00000320. The van der Waals surface area contributed by atoms with Crippen LogP contribution in [0.5, 0.6) is 0 Å². The van der Waals surface area contributed by atoms with Crippen molar-refractivity contribution < 1.29 is 13.9 Å². The molecule has 1 aliphatic rings. The van der Waals surface area contributed by atoms with Crippen molar-refractivity contribution in [2.24, 2.45) is 4.99 Å². The maximum absolute atomic E-state index is 13.1. The molecule has 3 rings (SSSR count). The molecule has 2 unspecified atom stereocenters. The lowest BCUT2D eigenvalue weighted by Gasteiger charge is -2.32. The molecule has 2 aromatic rings. The SMILES string of the molecule is CCNC(=NCC(c1ccco1)N1CCCCC1)NCC(O)c1ccc(F)cc1.I. The highest BCUT2D eigenvalue weighted by Gasteiger charge is 2.24. The Morgan fingerprint density at radius 1 is 1.17 bits per heavy atom. The molecule has 0 spiro atoms. The highest BCUT2D eigenvalue weighted by molar-refractivity contribution is 14.0. The molecule has 166 valence electrons. The van der Waals surface area contributed by atoms with E-state index in [1.165, 1.54) is 31.4 Å².